The van der Waals surface area contributed by atoms with Crippen LogP contribution in [0.1, 0.15) is 40.0 Å². The van der Waals surface area contributed by atoms with Crippen LogP contribution in [0.15, 0.2) is 29.3 Å². The molecule has 0 saturated carbocycles. The third-order valence-corrected chi connectivity index (χ3v) is 7.04. The molecule has 2 aromatic heterocycles. The lowest BCUT2D eigenvalue weighted by Gasteiger charge is -2.13. The van der Waals surface area contributed by atoms with E-state index in [9.17, 15) is 9.90 Å². The van der Waals surface area contributed by atoms with Gasteiger partial charge < -0.3 is 9.84 Å². The van der Waals surface area contributed by atoms with E-state index >= 15 is 0 Å². The van der Waals surface area contributed by atoms with E-state index in [-0.39, 0.29) is 12.4 Å². The fraction of sp³-hybridized carbons (Fsp3) is 0.381. The van der Waals surface area contributed by atoms with Crippen LogP contribution in [0.2, 0.25) is 0 Å². The first-order valence-electron chi connectivity index (χ1n) is 9.35. The summed E-state index contributed by atoms with van der Waals surface area (Å²) in [5, 5.41) is 12.5. The van der Waals surface area contributed by atoms with Gasteiger partial charge in [-0.1, -0.05) is 12.1 Å². The maximum absolute atomic E-state index is 11.5. The Bertz CT molecular complexity index is 1030. The summed E-state index contributed by atoms with van der Waals surface area (Å²) < 4.78 is 5.67. The lowest BCUT2D eigenvalue weighted by Crippen LogP contribution is -2.20. The zero-order chi connectivity index (χ0) is 19.7. The van der Waals surface area contributed by atoms with Gasteiger partial charge in [0.1, 0.15) is 28.0 Å². The van der Waals surface area contributed by atoms with Gasteiger partial charge in [-0.25, -0.2) is 9.97 Å². The number of aliphatic hydroxyl groups is 1. The van der Waals surface area contributed by atoms with Gasteiger partial charge >= 0.3 is 0 Å². The molecule has 0 fully saturated rings. The minimum absolute atomic E-state index is 0.00648. The summed E-state index contributed by atoms with van der Waals surface area (Å²) in [6.45, 7) is 3.61. The van der Waals surface area contributed by atoms with Gasteiger partial charge in [-0.15, -0.1) is 23.1 Å². The molecule has 146 valence electrons. The lowest BCUT2D eigenvalue weighted by molar-refractivity contribution is 0.101. The highest BCUT2D eigenvalue weighted by molar-refractivity contribution is 7.99. The first-order valence-corrected chi connectivity index (χ1v) is 11.1. The normalized spacial score (nSPS) is 14.2. The molecule has 1 aliphatic rings. The van der Waals surface area contributed by atoms with Crippen LogP contribution in [0.3, 0.4) is 0 Å². The van der Waals surface area contributed by atoms with Crippen LogP contribution in [0.5, 0.6) is 5.75 Å². The molecule has 0 amide bonds. The molecular formula is C21H22N2O3S2. The molecule has 28 heavy (non-hydrogen) atoms. The molecule has 0 saturated heterocycles. The van der Waals surface area contributed by atoms with Crippen LogP contribution in [0, 0.1) is 6.92 Å². The second kappa shape index (κ2) is 8.19. The highest BCUT2D eigenvalue weighted by Crippen LogP contribution is 2.40. The highest BCUT2D eigenvalue weighted by atomic mass is 32.2. The predicted octanol–water partition coefficient (Wildman–Crippen LogP) is 4.22. The molecule has 0 unspecified atom stereocenters. The van der Waals surface area contributed by atoms with Gasteiger partial charge in [0, 0.05) is 21.6 Å². The summed E-state index contributed by atoms with van der Waals surface area (Å²) in [6.07, 6.45) is 2.79. The molecule has 0 radical (unpaired) electrons. The maximum Gasteiger partial charge on any atom is 0.159 e. The van der Waals surface area contributed by atoms with Crippen LogP contribution >= 0.6 is 23.1 Å². The van der Waals surface area contributed by atoms with Crippen molar-refractivity contribution < 1.29 is 14.6 Å². The van der Waals surface area contributed by atoms with Crippen LogP contribution < -0.4 is 4.74 Å². The van der Waals surface area contributed by atoms with Crippen molar-refractivity contribution in [1.82, 2.24) is 9.97 Å². The van der Waals surface area contributed by atoms with Gasteiger partial charge in [-0.2, -0.15) is 0 Å². The number of aryl methyl sites for hydroxylation is 3. The quantitative estimate of drug-likeness (QED) is 0.354. The Kier molecular flexibility index (Phi) is 5.66. The maximum atomic E-state index is 11.5. The van der Waals surface area contributed by atoms with Gasteiger partial charge in [0.2, 0.25) is 0 Å². The monoisotopic (exact) mass is 414 g/mol. The Hall–Kier alpha value is -1.96. The molecule has 1 aromatic carbocycles. The number of benzene rings is 1. The minimum Gasteiger partial charge on any atom is -0.491 e. The van der Waals surface area contributed by atoms with E-state index in [4.69, 9.17) is 4.74 Å². The van der Waals surface area contributed by atoms with Crippen molar-refractivity contribution in [2.45, 2.75) is 44.2 Å². The van der Waals surface area contributed by atoms with E-state index in [0.717, 1.165) is 28.5 Å². The summed E-state index contributed by atoms with van der Waals surface area (Å²) in [5.41, 5.74) is 2.00. The van der Waals surface area contributed by atoms with Gasteiger partial charge in [0.15, 0.2) is 5.78 Å². The number of rotatable bonds is 7. The van der Waals surface area contributed by atoms with Crippen molar-refractivity contribution >= 4 is 39.1 Å². The van der Waals surface area contributed by atoms with Gasteiger partial charge in [-0.3, -0.25) is 4.79 Å². The molecule has 2 heterocycles. The van der Waals surface area contributed by atoms with Crippen molar-refractivity contribution in [2.75, 3.05) is 12.4 Å². The molecule has 0 spiro atoms. The fourth-order valence-corrected chi connectivity index (χ4v) is 5.77. The fourth-order valence-electron chi connectivity index (χ4n) is 3.39. The zero-order valence-electron chi connectivity index (χ0n) is 15.9. The third-order valence-electron chi connectivity index (χ3n) is 4.74. The number of hydrogen-bond donors (Lipinski definition) is 1. The number of ketones is 1. The molecule has 1 aliphatic carbocycles. The van der Waals surface area contributed by atoms with Gasteiger partial charge in [0.05, 0.1) is 6.10 Å². The number of Topliss-reactive ketones (excluding diaryl/α,β-unsaturated/α-hetero) is 1. The van der Waals surface area contributed by atoms with E-state index in [1.165, 1.54) is 29.2 Å². The molecule has 4 rings (SSSR count). The van der Waals surface area contributed by atoms with Crippen molar-refractivity contribution in [1.29, 1.82) is 0 Å². The molecule has 1 N–H and O–H groups in total. The van der Waals surface area contributed by atoms with E-state index in [2.05, 4.69) is 9.97 Å². The Labute approximate surface area is 172 Å². The van der Waals surface area contributed by atoms with Crippen molar-refractivity contribution in [3.05, 3.63) is 46.1 Å². The molecule has 1 atom stereocenters. The average Bonchev–Trinajstić information content (AvgIpc) is 3.25. The lowest BCUT2D eigenvalue weighted by atomic mass is 10.1. The number of carbonyl (C=O) groups is 1. The van der Waals surface area contributed by atoms with Crippen molar-refractivity contribution in [3.8, 4) is 5.75 Å². The topological polar surface area (TPSA) is 72.3 Å². The summed E-state index contributed by atoms with van der Waals surface area (Å²) in [5.74, 6) is 1.84. The van der Waals surface area contributed by atoms with Crippen LogP contribution in [-0.2, 0) is 12.8 Å². The van der Waals surface area contributed by atoms with Crippen LogP contribution in [0.4, 0.5) is 0 Å². The number of carbonyl (C=O) groups excluding carboxylic acids is 1. The standard InChI is InChI=1S/C21H22N2O3S2/c1-12(24)14-5-3-6-16(9-14)26-10-15(25)11-27-20-19-17-7-4-8-18(17)28-21(19)23-13(2)22-20/h3,5-6,9,15,25H,4,7-8,10-11H2,1-2H3/t15-/m1/s1. The van der Waals surface area contributed by atoms with Crippen LogP contribution in [-0.4, -0.2) is 39.3 Å². The molecule has 0 aliphatic heterocycles. The molecule has 3 aromatic rings. The van der Waals surface area contributed by atoms with Gasteiger partial charge in [0.25, 0.3) is 0 Å². The van der Waals surface area contributed by atoms with Gasteiger partial charge in [-0.05, 0) is 50.8 Å². The first-order chi connectivity index (χ1) is 13.5. The number of fused-ring (bicyclic) bond motifs is 3. The number of thioether (sulfide) groups is 1. The minimum atomic E-state index is -0.636. The summed E-state index contributed by atoms with van der Waals surface area (Å²) >= 11 is 3.34. The third kappa shape index (κ3) is 4.06. The molecule has 7 heteroatoms. The van der Waals surface area contributed by atoms with Crippen molar-refractivity contribution in [2.24, 2.45) is 0 Å². The molecular weight excluding hydrogens is 392 g/mol. The summed E-state index contributed by atoms with van der Waals surface area (Å²) in [4.78, 5) is 23.2. The summed E-state index contributed by atoms with van der Waals surface area (Å²) in [6, 6.07) is 7.03. The van der Waals surface area contributed by atoms with E-state index < -0.39 is 6.10 Å². The zero-order valence-corrected chi connectivity index (χ0v) is 17.5. The first kappa shape index (κ1) is 19.4. The van der Waals surface area contributed by atoms with E-state index in [0.29, 0.717) is 17.1 Å². The Morgan fingerprint density at radius 2 is 2.21 bits per heavy atom. The second-order valence-corrected chi connectivity index (χ2v) is 9.07. The van der Waals surface area contributed by atoms with Crippen LogP contribution in [0.25, 0.3) is 10.2 Å². The average molecular weight is 415 g/mol. The molecule has 0 bridgehead atoms. The largest absolute Gasteiger partial charge is 0.491 e. The smallest absolute Gasteiger partial charge is 0.159 e. The number of aliphatic hydroxyl groups excluding tert-OH is 1. The van der Waals surface area contributed by atoms with E-state index in [1.54, 1.807) is 47.4 Å². The highest BCUT2D eigenvalue weighted by Gasteiger charge is 2.22. The van der Waals surface area contributed by atoms with Crippen molar-refractivity contribution in [3.63, 3.8) is 0 Å². The molecule has 5 nitrogen and oxygen atoms in total. The second-order valence-electron chi connectivity index (χ2n) is 6.97. The number of nitrogens with zero attached hydrogens (tertiary/aromatic N) is 2. The van der Waals surface area contributed by atoms with E-state index in [1.807, 2.05) is 6.92 Å². The Morgan fingerprint density at radius 3 is 3.04 bits per heavy atom. The number of hydrogen-bond acceptors (Lipinski definition) is 7. The Morgan fingerprint density at radius 1 is 1.36 bits per heavy atom. The summed E-state index contributed by atoms with van der Waals surface area (Å²) in [7, 11) is 0. The predicted molar refractivity (Wildman–Crippen MR) is 113 cm³/mol. The number of thiophene rings is 1. The number of ether oxygens (including phenoxy) is 1. The SMILES string of the molecule is CC(=O)c1cccc(OC[C@@H](O)CSc2nc(C)nc3sc4c(c23)CCC4)c1. The Balaban J connectivity index is 1.42. The number of aromatic nitrogens is 2.